The van der Waals surface area contributed by atoms with Crippen molar-refractivity contribution in [1.29, 1.82) is 0 Å². The molecule has 0 bridgehead atoms. The Kier molecular flexibility index (Phi) is 5.18. The quantitative estimate of drug-likeness (QED) is 0.529. The molecule has 1 N–H and O–H groups in total. The van der Waals surface area contributed by atoms with Gasteiger partial charge in [-0.15, -0.1) is 0 Å². The van der Waals surface area contributed by atoms with Gasteiger partial charge in [-0.2, -0.15) is 15.3 Å². The Balaban J connectivity index is 1.47. The maximum atomic E-state index is 12.7. The van der Waals surface area contributed by atoms with Gasteiger partial charge in [0.1, 0.15) is 6.67 Å². The van der Waals surface area contributed by atoms with Crippen LogP contribution < -0.4 is 5.32 Å². The zero-order valence-corrected chi connectivity index (χ0v) is 16.8. The van der Waals surface area contributed by atoms with Gasteiger partial charge >= 0.3 is 0 Å². The second kappa shape index (κ2) is 7.92. The summed E-state index contributed by atoms with van der Waals surface area (Å²) in [5.74, 6) is -0.276. The maximum absolute atomic E-state index is 12.7. The first-order valence-electron chi connectivity index (χ1n) is 9.10. The van der Waals surface area contributed by atoms with Crippen LogP contribution in [0.5, 0.6) is 0 Å². The zero-order valence-electron chi connectivity index (χ0n) is 16.1. The standard InChI is InChI=1S/C20H20ClN7O/c1-14-19(15(2)28(24-14)12-16-4-6-17(21)7-5-16)23-20(29)18-8-11-27(25-18)13-26-10-3-9-22-26/h3-11H,12-13H2,1-2H3,(H,23,29). The largest absolute Gasteiger partial charge is 0.317 e. The van der Waals surface area contributed by atoms with E-state index in [0.717, 1.165) is 17.0 Å². The van der Waals surface area contributed by atoms with Gasteiger partial charge in [-0.05, 0) is 43.7 Å². The Bertz CT molecular complexity index is 1130. The number of carbonyl (C=O) groups is 1. The predicted octanol–water partition coefficient (Wildman–Crippen LogP) is 3.35. The fourth-order valence-corrected chi connectivity index (χ4v) is 3.19. The summed E-state index contributed by atoms with van der Waals surface area (Å²) in [7, 11) is 0. The molecule has 1 aromatic carbocycles. The summed E-state index contributed by atoms with van der Waals surface area (Å²) in [6.45, 7) is 4.84. The summed E-state index contributed by atoms with van der Waals surface area (Å²) < 4.78 is 5.25. The zero-order chi connectivity index (χ0) is 20.4. The maximum Gasteiger partial charge on any atom is 0.276 e. The number of hydrogen-bond donors (Lipinski definition) is 1. The fourth-order valence-electron chi connectivity index (χ4n) is 3.07. The van der Waals surface area contributed by atoms with Crippen LogP contribution in [0.1, 0.15) is 27.4 Å². The molecule has 4 rings (SSSR count). The molecule has 0 fully saturated rings. The van der Waals surface area contributed by atoms with Gasteiger partial charge in [0.2, 0.25) is 0 Å². The molecule has 0 saturated carbocycles. The highest BCUT2D eigenvalue weighted by Crippen LogP contribution is 2.21. The smallest absolute Gasteiger partial charge is 0.276 e. The van der Waals surface area contributed by atoms with Crippen molar-refractivity contribution < 1.29 is 4.79 Å². The molecule has 4 aromatic rings. The van der Waals surface area contributed by atoms with Crippen molar-refractivity contribution in [2.45, 2.75) is 27.1 Å². The van der Waals surface area contributed by atoms with E-state index in [2.05, 4.69) is 20.6 Å². The second-order valence-electron chi connectivity index (χ2n) is 6.71. The van der Waals surface area contributed by atoms with Crippen LogP contribution in [0.3, 0.4) is 0 Å². The highest BCUT2D eigenvalue weighted by Gasteiger charge is 2.17. The average molecular weight is 410 g/mol. The molecule has 148 valence electrons. The molecule has 0 atom stereocenters. The van der Waals surface area contributed by atoms with Gasteiger partial charge in [0.15, 0.2) is 5.69 Å². The fraction of sp³-hybridized carbons (Fsp3) is 0.200. The lowest BCUT2D eigenvalue weighted by atomic mass is 10.2. The molecule has 0 spiro atoms. The SMILES string of the molecule is Cc1nn(Cc2ccc(Cl)cc2)c(C)c1NC(=O)c1ccn(Cn2cccn2)n1. The lowest BCUT2D eigenvalue weighted by Crippen LogP contribution is -2.16. The molecule has 0 aliphatic heterocycles. The van der Waals surface area contributed by atoms with Crippen LogP contribution in [0.2, 0.25) is 5.02 Å². The summed E-state index contributed by atoms with van der Waals surface area (Å²) >= 11 is 5.95. The number of aromatic nitrogens is 6. The van der Waals surface area contributed by atoms with Gasteiger partial charge < -0.3 is 5.32 Å². The number of rotatable bonds is 6. The molecule has 9 heteroatoms. The molecule has 0 saturated heterocycles. The van der Waals surface area contributed by atoms with Crippen molar-refractivity contribution in [3.05, 3.63) is 82.7 Å². The third-order valence-electron chi connectivity index (χ3n) is 4.59. The van der Waals surface area contributed by atoms with Crippen molar-refractivity contribution in [3.8, 4) is 0 Å². The van der Waals surface area contributed by atoms with Gasteiger partial charge in [0.05, 0.1) is 23.6 Å². The molecule has 3 aromatic heterocycles. The predicted molar refractivity (Wildman–Crippen MR) is 110 cm³/mol. The van der Waals surface area contributed by atoms with Crippen LogP contribution in [0.4, 0.5) is 5.69 Å². The van der Waals surface area contributed by atoms with E-state index in [1.807, 2.05) is 55.1 Å². The van der Waals surface area contributed by atoms with Crippen LogP contribution >= 0.6 is 11.6 Å². The Morgan fingerprint density at radius 3 is 2.59 bits per heavy atom. The summed E-state index contributed by atoms with van der Waals surface area (Å²) in [5.41, 5.74) is 3.74. The number of anilines is 1. The molecule has 0 aliphatic rings. The normalized spacial score (nSPS) is 11.0. The number of aryl methyl sites for hydroxylation is 1. The summed E-state index contributed by atoms with van der Waals surface area (Å²) in [5, 5.41) is 16.7. The van der Waals surface area contributed by atoms with E-state index in [1.165, 1.54) is 0 Å². The Morgan fingerprint density at radius 1 is 1.07 bits per heavy atom. The lowest BCUT2D eigenvalue weighted by molar-refractivity contribution is 0.102. The number of nitrogens with zero attached hydrogens (tertiary/aromatic N) is 6. The van der Waals surface area contributed by atoms with Gasteiger partial charge in [-0.1, -0.05) is 23.7 Å². The topological polar surface area (TPSA) is 82.6 Å². The second-order valence-corrected chi connectivity index (χ2v) is 7.15. The van der Waals surface area contributed by atoms with Crippen LogP contribution in [0.25, 0.3) is 0 Å². The molecule has 0 unspecified atom stereocenters. The van der Waals surface area contributed by atoms with E-state index in [0.29, 0.717) is 29.6 Å². The Morgan fingerprint density at radius 2 is 1.86 bits per heavy atom. The minimum Gasteiger partial charge on any atom is -0.317 e. The molecule has 3 heterocycles. The average Bonchev–Trinajstić information content (AvgIpc) is 3.43. The lowest BCUT2D eigenvalue weighted by Gasteiger charge is -2.07. The number of nitrogens with one attached hydrogen (secondary N) is 1. The molecule has 29 heavy (non-hydrogen) atoms. The van der Waals surface area contributed by atoms with Crippen molar-refractivity contribution in [2.75, 3.05) is 5.32 Å². The van der Waals surface area contributed by atoms with E-state index in [-0.39, 0.29) is 5.91 Å². The van der Waals surface area contributed by atoms with E-state index < -0.39 is 0 Å². The number of carbonyl (C=O) groups excluding carboxylic acids is 1. The van der Waals surface area contributed by atoms with E-state index >= 15 is 0 Å². The molecular formula is C20H20ClN7O. The van der Waals surface area contributed by atoms with E-state index in [4.69, 9.17) is 11.6 Å². The molecule has 1 amide bonds. The summed E-state index contributed by atoms with van der Waals surface area (Å²) in [6, 6.07) is 11.1. The van der Waals surface area contributed by atoms with Crippen LogP contribution in [-0.4, -0.2) is 35.2 Å². The number of hydrogen-bond acceptors (Lipinski definition) is 4. The third-order valence-corrected chi connectivity index (χ3v) is 4.84. The molecular weight excluding hydrogens is 390 g/mol. The number of benzene rings is 1. The van der Waals surface area contributed by atoms with Crippen molar-refractivity contribution in [1.82, 2.24) is 29.3 Å². The first kappa shape index (κ1) is 18.9. The molecule has 8 nitrogen and oxygen atoms in total. The molecule has 0 aliphatic carbocycles. The van der Waals surface area contributed by atoms with Gasteiger partial charge in [0.25, 0.3) is 5.91 Å². The van der Waals surface area contributed by atoms with Crippen molar-refractivity contribution in [2.24, 2.45) is 0 Å². The monoisotopic (exact) mass is 409 g/mol. The number of amides is 1. The van der Waals surface area contributed by atoms with Crippen molar-refractivity contribution >= 4 is 23.2 Å². The highest BCUT2D eigenvalue weighted by atomic mass is 35.5. The first-order chi connectivity index (χ1) is 14.0. The number of halogens is 1. The van der Waals surface area contributed by atoms with Gasteiger partial charge in [-0.25, -0.2) is 0 Å². The summed E-state index contributed by atoms with van der Waals surface area (Å²) in [4.78, 5) is 12.7. The van der Waals surface area contributed by atoms with E-state index in [9.17, 15) is 4.79 Å². The van der Waals surface area contributed by atoms with Gasteiger partial charge in [0, 0.05) is 23.6 Å². The van der Waals surface area contributed by atoms with Crippen LogP contribution in [0, 0.1) is 13.8 Å². The van der Waals surface area contributed by atoms with E-state index in [1.54, 1.807) is 27.8 Å². The highest BCUT2D eigenvalue weighted by molar-refractivity contribution is 6.30. The first-order valence-corrected chi connectivity index (χ1v) is 9.48. The summed E-state index contributed by atoms with van der Waals surface area (Å²) in [6.07, 6.45) is 5.29. The van der Waals surface area contributed by atoms with Gasteiger partial charge in [-0.3, -0.25) is 18.8 Å². The third kappa shape index (κ3) is 4.22. The Labute approximate surface area is 172 Å². The van der Waals surface area contributed by atoms with Crippen molar-refractivity contribution in [3.63, 3.8) is 0 Å². The minimum absolute atomic E-state index is 0.276. The molecule has 0 radical (unpaired) electrons. The minimum atomic E-state index is -0.276. The van der Waals surface area contributed by atoms with Crippen LogP contribution in [-0.2, 0) is 13.2 Å². The Hall–Kier alpha value is -3.39. The van der Waals surface area contributed by atoms with Crippen LogP contribution in [0.15, 0.2) is 55.0 Å².